The van der Waals surface area contributed by atoms with E-state index in [0.717, 1.165) is 5.12 Å². The molecule has 0 aliphatic rings. The first-order valence-electron chi connectivity index (χ1n) is 19.3. The molecule has 19 heteroatoms. The van der Waals surface area contributed by atoms with Crippen molar-refractivity contribution in [3.63, 3.8) is 0 Å². The number of benzene rings is 4. The van der Waals surface area contributed by atoms with Crippen molar-refractivity contribution in [1.29, 1.82) is 0 Å². The number of nitrogens with one attached hydrogen (secondary N) is 4. The van der Waals surface area contributed by atoms with Crippen LogP contribution in [0.15, 0.2) is 115 Å². The Balaban J connectivity index is 1.39. The number of hydrogen-bond acceptors (Lipinski definition) is 15. The lowest BCUT2D eigenvalue weighted by Gasteiger charge is -2.48. The van der Waals surface area contributed by atoms with Crippen LogP contribution in [-0.2, 0) is 6.42 Å². The summed E-state index contributed by atoms with van der Waals surface area (Å²) in [5.74, 6) is -3.03. The van der Waals surface area contributed by atoms with Gasteiger partial charge in [0.2, 0.25) is 0 Å². The number of pyridine rings is 3. The number of hydrogen-bond donors (Lipinski definition) is 9. The maximum Gasteiger partial charge on any atom is 0.285 e. The second-order valence-electron chi connectivity index (χ2n) is 14.2. The lowest BCUT2D eigenvalue weighted by Crippen LogP contribution is -2.76. The number of nitrogens with two attached hydrogens (primary N) is 2. The van der Waals surface area contributed by atoms with Crippen LogP contribution in [0.2, 0.25) is 0 Å². The highest BCUT2D eigenvalue weighted by Gasteiger charge is 2.47. The Kier molecular flexibility index (Phi) is 12.4. The summed E-state index contributed by atoms with van der Waals surface area (Å²) >= 11 is 0. The van der Waals surface area contributed by atoms with Crippen LogP contribution >= 0.6 is 0 Å². The third-order valence-corrected chi connectivity index (χ3v) is 10.2. The van der Waals surface area contributed by atoms with Crippen molar-refractivity contribution < 1.29 is 34.6 Å². The largest absolute Gasteiger partial charge is 0.506 e. The molecule has 316 valence electrons. The lowest BCUT2D eigenvalue weighted by molar-refractivity contribution is -0.384. The van der Waals surface area contributed by atoms with E-state index in [1.54, 1.807) is 54.6 Å². The molecule has 4 aromatic carbocycles. The predicted molar refractivity (Wildman–Crippen MR) is 229 cm³/mol. The third kappa shape index (κ3) is 8.86. The van der Waals surface area contributed by atoms with Crippen molar-refractivity contribution in [3.8, 4) is 17.2 Å². The number of hydrazine groups is 2. The lowest BCUT2D eigenvalue weighted by atomic mass is 9.83. The molecule has 0 spiro atoms. The Hall–Kier alpha value is -7.84. The molecule has 2 atom stereocenters. The summed E-state index contributed by atoms with van der Waals surface area (Å²) in [6.45, 7) is -0.00711. The first-order valence-corrected chi connectivity index (χ1v) is 19.3. The monoisotopic (exact) mass is 839 g/mol. The normalized spacial score (nSPS) is 12.8. The fourth-order valence-electron chi connectivity index (χ4n) is 7.14. The first-order chi connectivity index (χ1) is 29.9. The van der Waals surface area contributed by atoms with Crippen LogP contribution in [0, 0.1) is 10.1 Å². The number of nitro groups is 1. The van der Waals surface area contributed by atoms with E-state index in [9.17, 15) is 39.8 Å². The van der Waals surface area contributed by atoms with Gasteiger partial charge in [-0.2, -0.15) is 0 Å². The summed E-state index contributed by atoms with van der Waals surface area (Å²) in [5.41, 5.74) is 16.3. The zero-order valence-corrected chi connectivity index (χ0v) is 32.9. The van der Waals surface area contributed by atoms with Crippen LogP contribution < -0.4 is 33.0 Å². The van der Waals surface area contributed by atoms with Gasteiger partial charge in [0.25, 0.3) is 23.4 Å². The maximum absolute atomic E-state index is 14.4. The zero-order chi connectivity index (χ0) is 44.0. The van der Waals surface area contributed by atoms with Crippen LogP contribution in [0.3, 0.4) is 0 Å². The average Bonchev–Trinajstić information content (AvgIpc) is 3.27. The molecule has 62 heavy (non-hydrogen) atoms. The molecule has 19 nitrogen and oxygen atoms in total. The van der Waals surface area contributed by atoms with Gasteiger partial charge in [0.15, 0.2) is 0 Å². The van der Waals surface area contributed by atoms with E-state index in [1.165, 1.54) is 60.7 Å². The molecule has 7 aromatic rings. The Morgan fingerprint density at radius 1 is 0.645 bits per heavy atom. The van der Waals surface area contributed by atoms with Gasteiger partial charge in [-0.05, 0) is 61.3 Å². The van der Waals surface area contributed by atoms with E-state index in [0.29, 0.717) is 21.7 Å². The maximum atomic E-state index is 14.4. The van der Waals surface area contributed by atoms with Gasteiger partial charge in [-0.3, -0.25) is 40.7 Å². The average molecular weight is 840 g/mol. The van der Waals surface area contributed by atoms with Gasteiger partial charge in [-0.25, -0.2) is 15.0 Å². The molecule has 7 rings (SSSR count). The minimum absolute atomic E-state index is 0.0540. The van der Waals surface area contributed by atoms with E-state index in [2.05, 4.69) is 36.4 Å². The number of carbonyl (C=O) groups is 3. The molecule has 0 bridgehead atoms. The number of aromatic nitrogens is 3. The van der Waals surface area contributed by atoms with E-state index in [-0.39, 0.29) is 89.0 Å². The third-order valence-electron chi connectivity index (χ3n) is 10.2. The van der Waals surface area contributed by atoms with Gasteiger partial charge in [-0.1, -0.05) is 66.7 Å². The zero-order valence-electron chi connectivity index (χ0n) is 32.9. The quantitative estimate of drug-likeness (QED) is 0.0383. The first kappa shape index (κ1) is 42.3. The number of fused-ring (bicyclic) bond motifs is 3. The topological polar surface area (TPSA) is 297 Å². The minimum atomic E-state index is -1.74. The minimum Gasteiger partial charge on any atom is -0.506 e. The highest BCUT2D eigenvalue weighted by molar-refractivity contribution is 5.98. The molecule has 11 N–H and O–H groups in total. The Morgan fingerprint density at radius 3 is 1.52 bits per heavy atom. The summed E-state index contributed by atoms with van der Waals surface area (Å²) in [4.78, 5) is 67.5. The van der Waals surface area contributed by atoms with Gasteiger partial charge in [0, 0.05) is 41.4 Å². The van der Waals surface area contributed by atoms with Crippen molar-refractivity contribution in [2.45, 2.75) is 24.5 Å². The molecule has 3 aromatic heterocycles. The van der Waals surface area contributed by atoms with Gasteiger partial charge >= 0.3 is 0 Å². The number of phenols is 3. The number of nitro benzene ring substituents is 1. The summed E-state index contributed by atoms with van der Waals surface area (Å²) in [6, 6.07) is 28.8. The fraction of sp³-hybridized carbons (Fsp3) is 0.163. The van der Waals surface area contributed by atoms with E-state index in [4.69, 9.17) is 11.5 Å². The SMILES string of the molecule is NCCNC(NC(=O)c1ccc2cccc(O)c2n1)C(CCN)(Cc1ccc([N+](=O)[O-])cc1)N(NC(=O)c1ccc2cccc(O)c2n1)NC(=O)c1ccc2cccc(O)c2n1. The van der Waals surface area contributed by atoms with E-state index < -0.39 is 34.3 Å². The second kappa shape index (κ2) is 18.2. The highest BCUT2D eigenvalue weighted by Crippen LogP contribution is 2.30. The predicted octanol–water partition coefficient (Wildman–Crippen LogP) is 3.28. The Labute approximate surface area is 352 Å². The van der Waals surface area contributed by atoms with Crippen LogP contribution in [0.1, 0.15) is 43.4 Å². The van der Waals surface area contributed by atoms with Gasteiger partial charge < -0.3 is 32.1 Å². The van der Waals surface area contributed by atoms with Crippen molar-refractivity contribution in [1.82, 2.24) is 41.6 Å². The van der Waals surface area contributed by atoms with Crippen molar-refractivity contribution in [3.05, 3.63) is 148 Å². The fourth-order valence-corrected chi connectivity index (χ4v) is 7.14. The van der Waals surface area contributed by atoms with Crippen molar-refractivity contribution in [2.24, 2.45) is 11.5 Å². The van der Waals surface area contributed by atoms with Gasteiger partial charge in [0.1, 0.15) is 57.0 Å². The summed E-state index contributed by atoms with van der Waals surface area (Å²) in [5, 5.41) is 52.3. The molecule has 0 radical (unpaired) electrons. The van der Waals surface area contributed by atoms with Crippen molar-refractivity contribution in [2.75, 3.05) is 19.6 Å². The molecular formula is C43H41N11O8. The number of aromatic hydroxyl groups is 3. The number of nitrogens with zero attached hydrogens (tertiary/aromatic N) is 5. The molecular weight excluding hydrogens is 799 g/mol. The molecule has 0 saturated heterocycles. The number of amides is 3. The number of phenolic OH excluding ortho intramolecular Hbond substituents is 3. The number of para-hydroxylation sites is 3. The van der Waals surface area contributed by atoms with Crippen molar-refractivity contribution >= 4 is 56.1 Å². The van der Waals surface area contributed by atoms with Gasteiger partial charge in [-0.15, -0.1) is 5.12 Å². The number of rotatable bonds is 16. The Bertz CT molecular complexity index is 2730. The molecule has 3 amide bonds. The smallest absolute Gasteiger partial charge is 0.285 e. The molecule has 2 unspecified atom stereocenters. The second-order valence-corrected chi connectivity index (χ2v) is 14.2. The van der Waals surface area contributed by atoms with Crippen LogP contribution in [-0.4, -0.2) is 89.4 Å². The van der Waals surface area contributed by atoms with E-state index in [1.807, 2.05) is 0 Å². The number of carbonyl (C=O) groups excluding carboxylic acids is 3. The summed E-state index contributed by atoms with van der Waals surface area (Å²) in [6.07, 6.45) is -1.58. The number of non-ortho nitro benzene ring substituents is 1. The van der Waals surface area contributed by atoms with E-state index >= 15 is 0 Å². The standard InChI is InChI=1S/C43H41N11O8/c44-21-20-43(24-25-10-15-29(16-11-25)53(61)62,42(46-23-22-45)50-39(58)30-17-12-26-4-1-7-33(55)36(26)47-30)54(51-40(59)31-18-13-27-5-2-8-34(56)37(27)48-31)52-41(60)32-19-14-28-6-3-9-35(57)38(28)49-32/h1-19,42,46,55-57H,20-24,44-45H2,(H,50,58)(H,51,59)(H,52,60). The molecule has 0 saturated carbocycles. The molecule has 3 heterocycles. The summed E-state index contributed by atoms with van der Waals surface area (Å²) in [7, 11) is 0. The molecule has 0 fully saturated rings. The Morgan fingerprint density at radius 2 is 1.10 bits per heavy atom. The highest BCUT2D eigenvalue weighted by atomic mass is 16.6. The molecule has 0 aliphatic carbocycles. The van der Waals surface area contributed by atoms with Crippen LogP contribution in [0.25, 0.3) is 32.7 Å². The van der Waals surface area contributed by atoms with Gasteiger partial charge in [0.05, 0.1) is 10.5 Å². The summed E-state index contributed by atoms with van der Waals surface area (Å²) < 4.78 is 0. The van der Waals surface area contributed by atoms with Crippen LogP contribution in [0.5, 0.6) is 17.2 Å². The van der Waals surface area contributed by atoms with Crippen LogP contribution in [0.4, 0.5) is 5.69 Å². The molecule has 0 aliphatic heterocycles.